The maximum atomic E-state index is 11.0. The van der Waals surface area contributed by atoms with Gasteiger partial charge >= 0.3 is 0 Å². The molecule has 2 atom stereocenters. The van der Waals surface area contributed by atoms with E-state index < -0.39 is 10.8 Å². The van der Waals surface area contributed by atoms with Crippen molar-refractivity contribution in [3.8, 4) is 0 Å². The molecule has 0 radical (unpaired) electrons. The van der Waals surface area contributed by atoms with Crippen molar-refractivity contribution in [2.24, 2.45) is 10.9 Å². The van der Waals surface area contributed by atoms with Gasteiger partial charge in [-0.15, -0.1) is 0 Å². The fraction of sp³-hybridized carbons (Fsp3) is 0.500. The number of nitrogens with zero attached hydrogens (tertiary/aromatic N) is 4. The van der Waals surface area contributed by atoms with Crippen LogP contribution in [0.25, 0.3) is 0 Å². The fourth-order valence-corrected chi connectivity index (χ4v) is 2.42. The highest BCUT2D eigenvalue weighted by atomic mass is 16.6. The molecule has 0 spiro atoms. The van der Waals surface area contributed by atoms with E-state index in [1.54, 1.807) is 0 Å². The van der Waals surface area contributed by atoms with E-state index in [1.807, 2.05) is 18.9 Å². The van der Waals surface area contributed by atoms with Crippen molar-refractivity contribution in [1.29, 1.82) is 0 Å². The molecular weight excluding hydrogens is 278 g/mol. The third-order valence-corrected chi connectivity index (χ3v) is 3.60. The van der Waals surface area contributed by atoms with Crippen LogP contribution in [0.2, 0.25) is 0 Å². The van der Waals surface area contributed by atoms with Crippen molar-refractivity contribution in [3.63, 3.8) is 0 Å². The van der Waals surface area contributed by atoms with E-state index >= 15 is 0 Å². The molecule has 1 fully saturated rings. The van der Waals surface area contributed by atoms with Crippen molar-refractivity contribution in [2.75, 3.05) is 18.6 Å². The Bertz CT molecular complexity index is 577. The molecule has 0 amide bonds. The number of rotatable bonds is 4. The first-order chi connectivity index (χ1) is 9.95. The monoisotopic (exact) mass is 295 g/mol. The highest BCUT2D eigenvalue weighted by Crippen LogP contribution is 2.26. The van der Waals surface area contributed by atoms with E-state index in [0.29, 0.717) is 12.4 Å². The summed E-state index contributed by atoms with van der Waals surface area (Å²) in [6, 6.07) is 2.96. The van der Waals surface area contributed by atoms with Gasteiger partial charge in [0.25, 0.3) is 5.69 Å². The largest absolute Gasteiger partial charge is 0.409 e. The number of nitrogens with two attached hydrogens (primary N) is 1. The lowest BCUT2D eigenvalue weighted by atomic mass is 10.1. The lowest BCUT2D eigenvalue weighted by Gasteiger charge is -2.27. The number of pyridine rings is 1. The SMILES string of the molecule is CC1OCCC1N(C)c1ccc([N+](=O)[O-])c(/C(N)=N/O)n1. The minimum Gasteiger partial charge on any atom is -0.409 e. The lowest BCUT2D eigenvalue weighted by Crippen LogP contribution is -2.37. The molecule has 2 rings (SSSR count). The molecule has 114 valence electrons. The maximum absolute atomic E-state index is 11.0. The van der Waals surface area contributed by atoms with Gasteiger partial charge in [-0.3, -0.25) is 10.1 Å². The summed E-state index contributed by atoms with van der Waals surface area (Å²) in [6.45, 7) is 2.63. The van der Waals surface area contributed by atoms with E-state index in [4.69, 9.17) is 15.7 Å². The minimum atomic E-state index is -0.620. The van der Waals surface area contributed by atoms with Gasteiger partial charge in [-0.25, -0.2) is 4.98 Å². The van der Waals surface area contributed by atoms with Gasteiger partial charge < -0.3 is 20.6 Å². The fourth-order valence-electron chi connectivity index (χ4n) is 2.42. The molecule has 1 aliphatic heterocycles. The maximum Gasteiger partial charge on any atom is 0.298 e. The van der Waals surface area contributed by atoms with Crippen LogP contribution >= 0.6 is 0 Å². The third-order valence-electron chi connectivity index (χ3n) is 3.60. The first-order valence-electron chi connectivity index (χ1n) is 6.43. The number of likely N-dealkylation sites (N-methyl/N-ethyl adjacent to an activating group) is 1. The highest BCUT2D eigenvalue weighted by Gasteiger charge is 2.30. The van der Waals surface area contributed by atoms with E-state index in [-0.39, 0.29) is 23.5 Å². The molecule has 1 aliphatic rings. The molecular formula is C12H17N5O4. The molecule has 1 saturated heterocycles. The average molecular weight is 295 g/mol. The number of hydrogen-bond acceptors (Lipinski definition) is 7. The Morgan fingerprint density at radius 2 is 2.38 bits per heavy atom. The van der Waals surface area contributed by atoms with Crippen molar-refractivity contribution >= 4 is 17.3 Å². The van der Waals surface area contributed by atoms with E-state index in [9.17, 15) is 10.1 Å². The standard InChI is InChI=1S/C12H17N5O4/c1-7-8(5-6-21-7)16(2)10-4-3-9(17(19)20)11(14-10)12(13)15-18/h3-4,7-8,18H,5-6H2,1-2H3,(H2,13,15). The van der Waals surface area contributed by atoms with Gasteiger partial charge in [0, 0.05) is 19.7 Å². The topological polar surface area (TPSA) is 127 Å². The van der Waals surface area contributed by atoms with Gasteiger partial charge in [0.1, 0.15) is 5.82 Å². The van der Waals surface area contributed by atoms with Crippen molar-refractivity contribution in [2.45, 2.75) is 25.5 Å². The summed E-state index contributed by atoms with van der Waals surface area (Å²) in [5.74, 6) is 0.109. The minimum absolute atomic E-state index is 0.0410. The van der Waals surface area contributed by atoms with Crippen LogP contribution in [0.1, 0.15) is 19.0 Å². The van der Waals surface area contributed by atoms with Crippen LogP contribution in [-0.4, -0.2) is 46.8 Å². The van der Waals surface area contributed by atoms with Crippen LogP contribution in [-0.2, 0) is 4.74 Å². The Balaban J connectivity index is 2.39. The Kier molecular flexibility index (Phi) is 4.22. The van der Waals surface area contributed by atoms with Crippen LogP contribution in [0, 0.1) is 10.1 Å². The van der Waals surface area contributed by atoms with E-state index in [1.165, 1.54) is 12.1 Å². The van der Waals surface area contributed by atoms with Crippen LogP contribution < -0.4 is 10.6 Å². The molecule has 0 aromatic carbocycles. The number of aromatic nitrogens is 1. The van der Waals surface area contributed by atoms with Crippen molar-refractivity contribution in [1.82, 2.24) is 4.98 Å². The van der Waals surface area contributed by atoms with Gasteiger partial charge in [-0.05, 0) is 19.4 Å². The second-order valence-electron chi connectivity index (χ2n) is 4.82. The molecule has 2 heterocycles. The summed E-state index contributed by atoms with van der Waals surface area (Å²) >= 11 is 0. The number of amidine groups is 1. The molecule has 2 unspecified atom stereocenters. The van der Waals surface area contributed by atoms with Crippen LogP contribution in [0.15, 0.2) is 17.3 Å². The summed E-state index contributed by atoms with van der Waals surface area (Å²) in [5, 5.41) is 22.5. The molecule has 0 aliphatic carbocycles. The zero-order chi connectivity index (χ0) is 15.6. The van der Waals surface area contributed by atoms with Crippen LogP contribution in [0.5, 0.6) is 0 Å². The molecule has 9 heteroatoms. The van der Waals surface area contributed by atoms with Gasteiger partial charge in [0.05, 0.1) is 17.1 Å². The van der Waals surface area contributed by atoms with Gasteiger partial charge in [-0.2, -0.15) is 0 Å². The molecule has 0 bridgehead atoms. The first-order valence-corrected chi connectivity index (χ1v) is 6.43. The third kappa shape index (κ3) is 2.87. The summed E-state index contributed by atoms with van der Waals surface area (Å²) in [7, 11) is 1.83. The zero-order valence-electron chi connectivity index (χ0n) is 11.8. The quantitative estimate of drug-likeness (QED) is 0.275. The number of oxime groups is 1. The number of anilines is 1. The van der Waals surface area contributed by atoms with Crippen LogP contribution in [0.4, 0.5) is 11.5 Å². The Morgan fingerprint density at radius 3 is 2.90 bits per heavy atom. The number of nitro groups is 1. The average Bonchev–Trinajstić information content (AvgIpc) is 2.91. The van der Waals surface area contributed by atoms with Crippen molar-refractivity contribution in [3.05, 3.63) is 27.9 Å². The van der Waals surface area contributed by atoms with Crippen molar-refractivity contribution < 1.29 is 14.9 Å². The zero-order valence-corrected chi connectivity index (χ0v) is 11.8. The molecule has 3 N–H and O–H groups in total. The molecule has 0 saturated carbocycles. The molecule has 1 aromatic rings. The summed E-state index contributed by atoms with van der Waals surface area (Å²) in [6.07, 6.45) is 0.884. The second-order valence-corrected chi connectivity index (χ2v) is 4.82. The Hall–Kier alpha value is -2.42. The summed E-state index contributed by atoms with van der Waals surface area (Å²) < 4.78 is 5.50. The van der Waals surface area contributed by atoms with Gasteiger partial charge in [-0.1, -0.05) is 5.16 Å². The number of ether oxygens (including phenoxy) is 1. The summed E-state index contributed by atoms with van der Waals surface area (Å²) in [4.78, 5) is 16.4. The lowest BCUT2D eigenvalue weighted by molar-refractivity contribution is -0.385. The number of hydrogen-bond donors (Lipinski definition) is 2. The predicted molar refractivity (Wildman–Crippen MR) is 75.6 cm³/mol. The van der Waals surface area contributed by atoms with Gasteiger partial charge in [0.2, 0.25) is 0 Å². The normalized spacial score (nSPS) is 22.3. The van der Waals surface area contributed by atoms with Gasteiger partial charge in [0.15, 0.2) is 11.5 Å². The molecule has 21 heavy (non-hydrogen) atoms. The highest BCUT2D eigenvalue weighted by molar-refractivity contribution is 5.99. The smallest absolute Gasteiger partial charge is 0.298 e. The Labute approximate surface area is 121 Å². The molecule has 9 nitrogen and oxygen atoms in total. The summed E-state index contributed by atoms with van der Waals surface area (Å²) in [5.41, 5.74) is 5.01. The molecule has 1 aromatic heterocycles. The predicted octanol–water partition coefficient (Wildman–Crippen LogP) is 0.698. The van der Waals surface area contributed by atoms with Crippen LogP contribution in [0.3, 0.4) is 0 Å². The van der Waals surface area contributed by atoms with E-state index in [0.717, 1.165) is 6.42 Å². The van der Waals surface area contributed by atoms with E-state index in [2.05, 4.69) is 10.1 Å². The first kappa shape index (κ1) is 15.0. The Morgan fingerprint density at radius 1 is 1.67 bits per heavy atom. The second kappa shape index (κ2) is 5.92.